The molecule has 5 nitrogen and oxygen atoms in total. The summed E-state index contributed by atoms with van der Waals surface area (Å²) in [6.45, 7) is 3.23. The molecule has 7 heteroatoms. The minimum absolute atomic E-state index is 0.136. The number of halogens is 2. The van der Waals surface area contributed by atoms with Crippen molar-refractivity contribution in [2.75, 3.05) is 33.0 Å². The molecule has 0 aromatic heterocycles. The van der Waals surface area contributed by atoms with Gasteiger partial charge in [-0.3, -0.25) is 0 Å². The van der Waals surface area contributed by atoms with E-state index in [-0.39, 0.29) is 17.5 Å². The highest BCUT2D eigenvalue weighted by Crippen LogP contribution is 2.39. The Morgan fingerprint density at radius 1 is 1.12 bits per heavy atom. The first kappa shape index (κ1) is 18.8. The zero-order valence-electron chi connectivity index (χ0n) is 14.2. The van der Waals surface area contributed by atoms with E-state index in [1.807, 2.05) is 12.1 Å². The summed E-state index contributed by atoms with van der Waals surface area (Å²) < 4.78 is 10.8. The second-order valence-corrected chi connectivity index (χ2v) is 7.57. The zero-order valence-corrected chi connectivity index (χ0v) is 15.7. The maximum absolute atomic E-state index is 12.3. The van der Waals surface area contributed by atoms with Crippen molar-refractivity contribution in [3.63, 3.8) is 0 Å². The lowest BCUT2D eigenvalue weighted by molar-refractivity contribution is 0.0504. The number of nitrogens with one attached hydrogen (secondary N) is 2. The second-order valence-electron chi connectivity index (χ2n) is 6.73. The number of carbonyl (C=O) groups is 1. The van der Waals surface area contributed by atoms with Gasteiger partial charge in [-0.15, -0.1) is 0 Å². The fraction of sp³-hybridized carbons (Fsp3) is 0.611. The minimum Gasteiger partial charge on any atom is -0.381 e. The quantitative estimate of drug-likeness (QED) is 0.831. The molecule has 2 aliphatic rings. The summed E-state index contributed by atoms with van der Waals surface area (Å²) in [5.74, 6) is 0. The van der Waals surface area contributed by atoms with Crippen LogP contribution < -0.4 is 10.6 Å². The number of rotatable bonds is 4. The van der Waals surface area contributed by atoms with Crippen molar-refractivity contribution >= 4 is 29.2 Å². The zero-order chi connectivity index (χ0) is 17.7. The third kappa shape index (κ3) is 4.79. The van der Waals surface area contributed by atoms with Gasteiger partial charge in [0.2, 0.25) is 0 Å². The molecule has 25 heavy (non-hydrogen) atoms. The van der Waals surface area contributed by atoms with Crippen LogP contribution in [0.1, 0.15) is 31.2 Å². The Labute approximate surface area is 158 Å². The van der Waals surface area contributed by atoms with E-state index in [1.165, 1.54) is 0 Å². The molecule has 0 unspecified atom stereocenters. The largest absolute Gasteiger partial charge is 0.381 e. The van der Waals surface area contributed by atoms with Crippen LogP contribution in [-0.4, -0.2) is 45.0 Å². The first-order valence-electron chi connectivity index (χ1n) is 8.74. The monoisotopic (exact) mass is 386 g/mol. The van der Waals surface area contributed by atoms with E-state index >= 15 is 0 Å². The maximum Gasteiger partial charge on any atom is 0.315 e. The molecule has 0 radical (unpaired) electrons. The molecule has 138 valence electrons. The van der Waals surface area contributed by atoms with Crippen molar-refractivity contribution in [3.05, 3.63) is 33.8 Å². The normalized spacial score (nSPS) is 20.9. The second kappa shape index (κ2) is 8.58. The van der Waals surface area contributed by atoms with E-state index in [0.717, 1.165) is 31.2 Å². The van der Waals surface area contributed by atoms with E-state index in [0.29, 0.717) is 43.0 Å². The summed E-state index contributed by atoms with van der Waals surface area (Å²) in [6, 6.07) is 5.62. The lowest BCUT2D eigenvalue weighted by atomic mass is 9.74. The molecule has 0 aliphatic carbocycles. The van der Waals surface area contributed by atoms with Gasteiger partial charge in [0.1, 0.15) is 0 Å². The molecule has 0 bridgehead atoms. The highest BCUT2D eigenvalue weighted by atomic mass is 35.5. The van der Waals surface area contributed by atoms with E-state index in [4.69, 9.17) is 32.7 Å². The van der Waals surface area contributed by atoms with Crippen molar-refractivity contribution in [2.45, 2.75) is 37.1 Å². The lowest BCUT2D eigenvalue weighted by Gasteiger charge is -2.38. The minimum atomic E-state index is -0.229. The van der Waals surface area contributed by atoms with Gasteiger partial charge >= 0.3 is 6.03 Å². The van der Waals surface area contributed by atoms with Gasteiger partial charge in [-0.2, -0.15) is 0 Å². The third-order valence-corrected chi connectivity index (χ3v) is 5.64. The van der Waals surface area contributed by atoms with Crippen LogP contribution in [0.15, 0.2) is 18.2 Å². The van der Waals surface area contributed by atoms with Gasteiger partial charge in [0.15, 0.2) is 0 Å². The summed E-state index contributed by atoms with van der Waals surface area (Å²) in [5.41, 5.74) is 0.792. The molecule has 0 saturated carbocycles. The molecule has 2 aliphatic heterocycles. The first-order valence-corrected chi connectivity index (χ1v) is 9.50. The molecule has 1 aromatic rings. The molecular formula is C18H24Cl2N2O3. The number of carbonyl (C=O) groups excluding carboxylic acids is 1. The highest BCUT2D eigenvalue weighted by molar-refractivity contribution is 6.35. The van der Waals surface area contributed by atoms with Crippen LogP contribution in [0.2, 0.25) is 10.0 Å². The fourth-order valence-electron chi connectivity index (χ4n) is 3.55. The molecule has 1 aromatic carbocycles. The van der Waals surface area contributed by atoms with Crippen molar-refractivity contribution in [1.29, 1.82) is 0 Å². The summed E-state index contributed by atoms with van der Waals surface area (Å²) in [6.07, 6.45) is 3.34. The Morgan fingerprint density at radius 2 is 1.80 bits per heavy atom. The predicted octanol–water partition coefficient (Wildman–Crippen LogP) is 3.52. The predicted molar refractivity (Wildman–Crippen MR) is 98.6 cm³/mol. The summed E-state index contributed by atoms with van der Waals surface area (Å²) >= 11 is 12.5. The van der Waals surface area contributed by atoms with Gasteiger partial charge in [-0.05, 0) is 43.4 Å². The summed E-state index contributed by atoms with van der Waals surface area (Å²) in [5, 5.41) is 7.33. The smallest absolute Gasteiger partial charge is 0.315 e. The van der Waals surface area contributed by atoms with E-state index in [1.54, 1.807) is 6.07 Å². The number of ether oxygens (including phenoxy) is 2. The van der Waals surface area contributed by atoms with Crippen molar-refractivity contribution < 1.29 is 14.3 Å². The van der Waals surface area contributed by atoms with Crippen LogP contribution in [0.5, 0.6) is 0 Å². The molecule has 2 saturated heterocycles. The van der Waals surface area contributed by atoms with Crippen LogP contribution in [0.25, 0.3) is 0 Å². The number of benzene rings is 1. The molecule has 0 spiro atoms. The van der Waals surface area contributed by atoms with Gasteiger partial charge in [-0.25, -0.2) is 4.79 Å². The van der Waals surface area contributed by atoms with Crippen LogP contribution in [0.3, 0.4) is 0 Å². The molecule has 3 rings (SSSR count). The standard InChI is InChI=1S/C18H24Cl2N2O3/c19-13-1-2-15(16(20)11-13)18(5-9-25-10-6-18)12-21-17(23)22-14-3-7-24-8-4-14/h1-2,11,14H,3-10,12H2,(H2,21,22,23). The van der Waals surface area contributed by atoms with E-state index in [9.17, 15) is 4.79 Å². The van der Waals surface area contributed by atoms with Crippen molar-refractivity contribution in [1.82, 2.24) is 10.6 Å². The first-order chi connectivity index (χ1) is 12.1. The van der Waals surface area contributed by atoms with Crippen LogP contribution in [0.4, 0.5) is 4.79 Å². The number of amides is 2. The fourth-order valence-corrected chi connectivity index (χ4v) is 4.16. The average Bonchev–Trinajstić information content (AvgIpc) is 2.62. The topological polar surface area (TPSA) is 59.6 Å². The van der Waals surface area contributed by atoms with Crippen LogP contribution in [-0.2, 0) is 14.9 Å². The van der Waals surface area contributed by atoms with Gasteiger partial charge in [0.05, 0.1) is 0 Å². The molecule has 2 amide bonds. The summed E-state index contributed by atoms with van der Waals surface area (Å²) in [7, 11) is 0. The van der Waals surface area contributed by atoms with E-state index in [2.05, 4.69) is 10.6 Å². The Bertz CT molecular complexity index is 600. The van der Waals surface area contributed by atoms with Crippen LogP contribution >= 0.6 is 23.2 Å². The SMILES string of the molecule is O=C(NCC1(c2ccc(Cl)cc2Cl)CCOCC1)NC1CCOCC1. The Balaban J connectivity index is 1.67. The maximum atomic E-state index is 12.3. The Kier molecular flexibility index (Phi) is 6.44. The lowest BCUT2D eigenvalue weighted by Crippen LogP contribution is -2.50. The number of hydrogen-bond donors (Lipinski definition) is 2. The Morgan fingerprint density at radius 3 is 2.48 bits per heavy atom. The van der Waals surface area contributed by atoms with Crippen molar-refractivity contribution in [2.24, 2.45) is 0 Å². The van der Waals surface area contributed by atoms with Gasteiger partial charge in [0.25, 0.3) is 0 Å². The molecule has 0 atom stereocenters. The summed E-state index contributed by atoms with van der Waals surface area (Å²) in [4.78, 5) is 12.3. The molecule has 2 N–H and O–H groups in total. The average molecular weight is 387 g/mol. The number of hydrogen-bond acceptors (Lipinski definition) is 3. The third-order valence-electron chi connectivity index (χ3n) is 5.10. The Hall–Kier alpha value is -1.01. The van der Waals surface area contributed by atoms with Gasteiger partial charge in [0, 0.05) is 54.5 Å². The number of urea groups is 1. The molecule has 2 fully saturated rings. The van der Waals surface area contributed by atoms with E-state index < -0.39 is 0 Å². The highest BCUT2D eigenvalue weighted by Gasteiger charge is 2.36. The van der Waals surface area contributed by atoms with Crippen LogP contribution in [0, 0.1) is 0 Å². The van der Waals surface area contributed by atoms with Crippen molar-refractivity contribution in [3.8, 4) is 0 Å². The molecular weight excluding hydrogens is 363 g/mol. The van der Waals surface area contributed by atoms with Gasteiger partial charge in [-0.1, -0.05) is 29.3 Å². The van der Waals surface area contributed by atoms with Gasteiger partial charge < -0.3 is 20.1 Å². The molecule has 2 heterocycles.